The fourth-order valence-corrected chi connectivity index (χ4v) is 1.86. The van der Waals surface area contributed by atoms with E-state index >= 15 is 0 Å². The van der Waals surface area contributed by atoms with E-state index < -0.39 is 11.0 Å². The molecule has 0 unspecified atom stereocenters. The zero-order valence-corrected chi connectivity index (χ0v) is 12.3. The van der Waals surface area contributed by atoms with Crippen LogP contribution >= 0.6 is 0 Å². The van der Waals surface area contributed by atoms with Gasteiger partial charge in [0.05, 0.1) is 30.5 Å². The molecule has 0 N–H and O–H groups in total. The zero-order valence-electron chi connectivity index (χ0n) is 12.3. The number of benzene rings is 1. The standard InChI is InChI=1S/C14H16N4O4/c1-16(9-12-8-13(18(20)21)15-17(12)2)14(19)22-10-11-6-4-3-5-7-11/h3-8H,9-10H2,1-2H3. The van der Waals surface area contributed by atoms with E-state index in [1.54, 1.807) is 14.1 Å². The number of aryl methyl sites for hydroxylation is 1. The molecule has 1 heterocycles. The summed E-state index contributed by atoms with van der Waals surface area (Å²) in [6.45, 7) is 0.348. The monoisotopic (exact) mass is 304 g/mol. The summed E-state index contributed by atoms with van der Waals surface area (Å²) in [4.78, 5) is 23.3. The molecule has 1 amide bonds. The summed E-state index contributed by atoms with van der Waals surface area (Å²) in [5, 5.41) is 14.4. The Morgan fingerprint density at radius 3 is 2.68 bits per heavy atom. The summed E-state index contributed by atoms with van der Waals surface area (Å²) in [6, 6.07) is 10.7. The molecule has 8 heteroatoms. The van der Waals surface area contributed by atoms with Gasteiger partial charge in [-0.15, -0.1) is 0 Å². The molecule has 0 radical (unpaired) electrons. The van der Waals surface area contributed by atoms with Crippen LogP contribution < -0.4 is 0 Å². The van der Waals surface area contributed by atoms with Gasteiger partial charge in [-0.25, -0.2) is 4.79 Å². The van der Waals surface area contributed by atoms with Crippen LogP contribution in [0.4, 0.5) is 10.6 Å². The smallest absolute Gasteiger partial charge is 0.410 e. The molecule has 116 valence electrons. The first-order valence-corrected chi connectivity index (χ1v) is 6.56. The van der Waals surface area contributed by atoms with Gasteiger partial charge in [-0.2, -0.15) is 4.68 Å². The summed E-state index contributed by atoms with van der Waals surface area (Å²) < 4.78 is 6.55. The van der Waals surface area contributed by atoms with Gasteiger partial charge < -0.3 is 19.8 Å². The Morgan fingerprint density at radius 1 is 1.41 bits per heavy atom. The van der Waals surface area contributed by atoms with Crippen molar-refractivity contribution in [3.63, 3.8) is 0 Å². The number of carbonyl (C=O) groups excluding carboxylic acids is 1. The van der Waals surface area contributed by atoms with Crippen molar-refractivity contribution in [2.75, 3.05) is 7.05 Å². The molecule has 22 heavy (non-hydrogen) atoms. The fraction of sp³-hybridized carbons (Fsp3) is 0.286. The van der Waals surface area contributed by atoms with E-state index in [4.69, 9.17) is 4.74 Å². The van der Waals surface area contributed by atoms with E-state index in [9.17, 15) is 14.9 Å². The molecule has 1 aromatic carbocycles. The minimum absolute atomic E-state index is 0.172. The average molecular weight is 304 g/mol. The lowest BCUT2D eigenvalue weighted by Gasteiger charge is -2.16. The molecule has 1 aromatic heterocycles. The van der Waals surface area contributed by atoms with E-state index in [-0.39, 0.29) is 19.0 Å². The molecule has 0 aliphatic heterocycles. The molecule has 0 saturated carbocycles. The van der Waals surface area contributed by atoms with Crippen molar-refractivity contribution < 1.29 is 14.5 Å². The quantitative estimate of drug-likeness (QED) is 0.623. The minimum Gasteiger partial charge on any atom is -0.445 e. The zero-order chi connectivity index (χ0) is 16.1. The van der Waals surface area contributed by atoms with Crippen molar-refractivity contribution in [3.8, 4) is 0 Å². The second kappa shape index (κ2) is 6.70. The average Bonchev–Trinajstić information content (AvgIpc) is 2.87. The first kappa shape index (κ1) is 15.5. The number of carbonyl (C=O) groups is 1. The molecule has 2 aromatic rings. The Morgan fingerprint density at radius 2 is 2.09 bits per heavy atom. The van der Waals surface area contributed by atoms with Crippen LogP contribution in [0, 0.1) is 10.1 Å². The van der Waals surface area contributed by atoms with E-state index in [2.05, 4.69) is 5.10 Å². The lowest BCUT2D eigenvalue weighted by atomic mass is 10.2. The molecule has 0 fully saturated rings. The number of rotatable bonds is 5. The molecule has 8 nitrogen and oxygen atoms in total. The number of nitro groups is 1. The van der Waals surface area contributed by atoms with Crippen molar-refractivity contribution in [1.29, 1.82) is 0 Å². The third kappa shape index (κ3) is 3.81. The predicted molar refractivity (Wildman–Crippen MR) is 78.0 cm³/mol. The lowest BCUT2D eigenvalue weighted by molar-refractivity contribution is -0.389. The molecular formula is C14H16N4O4. The third-order valence-electron chi connectivity index (χ3n) is 3.07. The highest BCUT2D eigenvalue weighted by Gasteiger charge is 2.19. The third-order valence-corrected chi connectivity index (χ3v) is 3.07. The van der Waals surface area contributed by atoms with Crippen LogP contribution in [-0.4, -0.2) is 32.7 Å². The van der Waals surface area contributed by atoms with Crippen LogP contribution in [0.25, 0.3) is 0 Å². The van der Waals surface area contributed by atoms with E-state index in [0.717, 1.165) is 5.56 Å². The normalized spacial score (nSPS) is 10.3. The van der Waals surface area contributed by atoms with Crippen LogP contribution in [0.5, 0.6) is 0 Å². The molecule has 0 bridgehead atoms. The lowest BCUT2D eigenvalue weighted by Crippen LogP contribution is -2.27. The van der Waals surface area contributed by atoms with Gasteiger partial charge >= 0.3 is 11.9 Å². The highest BCUT2D eigenvalue weighted by Crippen LogP contribution is 2.13. The highest BCUT2D eigenvalue weighted by atomic mass is 16.6. The maximum Gasteiger partial charge on any atom is 0.410 e. The van der Waals surface area contributed by atoms with Gasteiger partial charge in [-0.05, 0) is 10.5 Å². The Kier molecular flexibility index (Phi) is 4.72. The van der Waals surface area contributed by atoms with Crippen LogP contribution in [0.2, 0.25) is 0 Å². The van der Waals surface area contributed by atoms with E-state index in [1.165, 1.54) is 15.6 Å². The van der Waals surface area contributed by atoms with Gasteiger partial charge in [0.25, 0.3) is 0 Å². The number of hydrogen-bond donors (Lipinski definition) is 0. The summed E-state index contributed by atoms with van der Waals surface area (Å²) in [6.07, 6.45) is -0.507. The predicted octanol–water partition coefficient (Wildman–Crippen LogP) is 2.10. The van der Waals surface area contributed by atoms with Crippen molar-refractivity contribution in [2.24, 2.45) is 7.05 Å². The SMILES string of the molecule is CN(Cc1cc([N+](=O)[O-])nn1C)C(=O)OCc1ccccc1. The number of hydrogen-bond acceptors (Lipinski definition) is 5. The maximum atomic E-state index is 11.9. The number of nitrogens with zero attached hydrogens (tertiary/aromatic N) is 4. The van der Waals surface area contributed by atoms with Crippen LogP contribution in [0.15, 0.2) is 36.4 Å². The molecule has 0 aliphatic rings. The summed E-state index contributed by atoms with van der Waals surface area (Å²) >= 11 is 0. The number of aromatic nitrogens is 2. The fourth-order valence-electron chi connectivity index (χ4n) is 1.86. The van der Waals surface area contributed by atoms with Crippen LogP contribution in [-0.2, 0) is 24.9 Å². The maximum absolute atomic E-state index is 11.9. The number of amides is 1. The van der Waals surface area contributed by atoms with Crippen molar-refractivity contribution in [3.05, 3.63) is 57.8 Å². The summed E-state index contributed by atoms with van der Waals surface area (Å²) in [5.41, 5.74) is 1.44. The summed E-state index contributed by atoms with van der Waals surface area (Å²) in [5.74, 6) is -0.247. The Bertz CT molecular complexity index is 669. The van der Waals surface area contributed by atoms with Gasteiger partial charge in [0.2, 0.25) is 0 Å². The van der Waals surface area contributed by atoms with Crippen LogP contribution in [0.3, 0.4) is 0 Å². The molecule has 0 atom stereocenters. The van der Waals surface area contributed by atoms with Gasteiger partial charge in [-0.3, -0.25) is 0 Å². The number of ether oxygens (including phenoxy) is 1. The molecule has 0 aliphatic carbocycles. The molecule has 0 spiro atoms. The molecule has 0 saturated heterocycles. The van der Waals surface area contributed by atoms with Gasteiger partial charge in [0.1, 0.15) is 6.61 Å². The van der Waals surface area contributed by atoms with E-state index in [1.807, 2.05) is 30.3 Å². The molecular weight excluding hydrogens is 288 g/mol. The first-order chi connectivity index (χ1) is 10.5. The topological polar surface area (TPSA) is 90.5 Å². The highest BCUT2D eigenvalue weighted by molar-refractivity contribution is 5.67. The Labute approximate surface area is 127 Å². The van der Waals surface area contributed by atoms with Gasteiger partial charge in [0.15, 0.2) is 0 Å². The Hall–Kier alpha value is -2.90. The van der Waals surface area contributed by atoms with E-state index in [0.29, 0.717) is 5.69 Å². The Balaban J connectivity index is 1.92. The summed E-state index contributed by atoms with van der Waals surface area (Å²) in [7, 11) is 3.15. The second-order valence-electron chi connectivity index (χ2n) is 4.77. The first-order valence-electron chi connectivity index (χ1n) is 6.56. The van der Waals surface area contributed by atoms with Crippen LogP contribution in [0.1, 0.15) is 11.3 Å². The van der Waals surface area contributed by atoms with Crippen molar-refractivity contribution >= 4 is 11.9 Å². The van der Waals surface area contributed by atoms with Crippen molar-refractivity contribution in [1.82, 2.24) is 14.7 Å². The second-order valence-corrected chi connectivity index (χ2v) is 4.77. The minimum atomic E-state index is -0.572. The largest absolute Gasteiger partial charge is 0.445 e. The van der Waals surface area contributed by atoms with Crippen molar-refractivity contribution in [2.45, 2.75) is 13.2 Å². The van der Waals surface area contributed by atoms with Gasteiger partial charge in [0, 0.05) is 7.05 Å². The molecule has 2 rings (SSSR count). The van der Waals surface area contributed by atoms with Gasteiger partial charge in [-0.1, -0.05) is 30.3 Å².